The normalized spacial score (nSPS) is 19.0. The molecule has 9 nitrogen and oxygen atoms in total. The number of anilines is 3. The lowest BCUT2D eigenvalue weighted by Crippen LogP contribution is -2.49. The summed E-state index contributed by atoms with van der Waals surface area (Å²) >= 11 is 0. The van der Waals surface area contributed by atoms with E-state index in [4.69, 9.17) is 9.84 Å². The molecule has 32 heavy (non-hydrogen) atoms. The minimum atomic E-state index is -0.951. The minimum absolute atomic E-state index is 0.0524. The Morgan fingerprint density at radius 3 is 2.81 bits per heavy atom. The number of aliphatic hydroxyl groups is 1. The van der Waals surface area contributed by atoms with Gasteiger partial charge in [-0.15, -0.1) is 0 Å². The van der Waals surface area contributed by atoms with Crippen molar-refractivity contribution in [2.45, 2.75) is 31.1 Å². The first-order valence-corrected chi connectivity index (χ1v) is 10.9. The van der Waals surface area contributed by atoms with Crippen LogP contribution in [0.2, 0.25) is 0 Å². The van der Waals surface area contributed by atoms with Gasteiger partial charge in [0, 0.05) is 44.4 Å². The smallest absolute Gasteiger partial charge is 0.257 e. The summed E-state index contributed by atoms with van der Waals surface area (Å²) in [4.78, 5) is 36.7. The molecular formula is C22H26FN5O4. The zero-order valence-electron chi connectivity index (χ0n) is 17.9. The average Bonchev–Trinajstić information content (AvgIpc) is 3.00. The highest BCUT2D eigenvalue weighted by Gasteiger charge is 2.53. The lowest BCUT2D eigenvalue weighted by molar-refractivity contribution is -0.123. The fraction of sp³-hybridized carbons (Fsp3) is 0.500. The fourth-order valence-electron chi connectivity index (χ4n) is 5.14. The molecule has 3 N–H and O–H groups in total. The molecule has 0 radical (unpaired) electrons. The molecule has 0 aliphatic carbocycles. The quantitative estimate of drug-likeness (QED) is 0.650. The molecule has 10 heteroatoms. The van der Waals surface area contributed by atoms with Gasteiger partial charge < -0.3 is 25.0 Å². The van der Waals surface area contributed by atoms with Crippen LogP contribution >= 0.6 is 0 Å². The van der Waals surface area contributed by atoms with E-state index in [-0.39, 0.29) is 30.4 Å². The maximum atomic E-state index is 15.2. The van der Waals surface area contributed by atoms with Gasteiger partial charge in [0.1, 0.15) is 24.0 Å². The van der Waals surface area contributed by atoms with Gasteiger partial charge in [0.15, 0.2) is 0 Å². The van der Waals surface area contributed by atoms with Gasteiger partial charge in [-0.3, -0.25) is 14.6 Å². The number of carbonyl (C=O) groups excluding carboxylic acids is 1. The van der Waals surface area contributed by atoms with E-state index in [1.165, 1.54) is 11.0 Å². The highest BCUT2D eigenvalue weighted by Crippen LogP contribution is 2.50. The molecule has 1 spiro atoms. The predicted molar refractivity (Wildman–Crippen MR) is 117 cm³/mol. The van der Waals surface area contributed by atoms with E-state index in [9.17, 15) is 9.59 Å². The number of fused-ring (bicyclic) bond motifs is 3. The van der Waals surface area contributed by atoms with Crippen molar-refractivity contribution in [1.29, 1.82) is 0 Å². The number of nitrogens with zero attached hydrogens (tertiary/aromatic N) is 3. The SMILES string of the molecule is CN1C(=O)C2(CCN(c3nc4c(c(=O)[nH]3)CCCN4)CC2)c2c(F)cc(OCCO)cc21. The number of carbonyl (C=O) groups is 1. The number of likely N-dealkylation sites (N-methyl/N-ethyl adjacent to an activating group) is 1. The maximum Gasteiger partial charge on any atom is 0.257 e. The number of aromatic amines is 1. The summed E-state index contributed by atoms with van der Waals surface area (Å²) in [5.74, 6) is 0.766. The number of halogens is 1. The number of aromatic nitrogens is 2. The Bertz CT molecular complexity index is 1130. The van der Waals surface area contributed by atoms with E-state index in [2.05, 4.69) is 15.3 Å². The van der Waals surface area contributed by atoms with Gasteiger partial charge in [0.05, 0.1) is 23.3 Å². The maximum absolute atomic E-state index is 15.2. The summed E-state index contributed by atoms with van der Waals surface area (Å²) in [6.07, 6.45) is 2.42. The first-order valence-electron chi connectivity index (χ1n) is 10.9. The molecule has 1 amide bonds. The molecule has 1 fully saturated rings. The molecule has 5 rings (SSSR count). The van der Waals surface area contributed by atoms with Crippen molar-refractivity contribution in [3.05, 3.63) is 39.4 Å². The van der Waals surface area contributed by atoms with Gasteiger partial charge in [0.2, 0.25) is 11.9 Å². The zero-order valence-corrected chi connectivity index (χ0v) is 17.9. The van der Waals surface area contributed by atoms with Gasteiger partial charge in [0.25, 0.3) is 5.56 Å². The summed E-state index contributed by atoms with van der Waals surface area (Å²) in [7, 11) is 1.64. The van der Waals surface area contributed by atoms with Crippen molar-refractivity contribution >= 4 is 23.4 Å². The Labute approximate surface area is 184 Å². The van der Waals surface area contributed by atoms with Crippen molar-refractivity contribution < 1.29 is 19.0 Å². The number of ether oxygens (including phenoxy) is 1. The van der Waals surface area contributed by atoms with Gasteiger partial charge in [-0.05, 0) is 25.7 Å². The van der Waals surface area contributed by atoms with E-state index >= 15 is 4.39 Å². The van der Waals surface area contributed by atoms with Gasteiger partial charge in [-0.1, -0.05) is 0 Å². The Morgan fingerprint density at radius 2 is 2.06 bits per heavy atom. The number of amides is 1. The van der Waals surface area contributed by atoms with Crippen LogP contribution in [0.15, 0.2) is 16.9 Å². The largest absolute Gasteiger partial charge is 0.491 e. The lowest BCUT2D eigenvalue weighted by atomic mass is 9.73. The first-order chi connectivity index (χ1) is 15.4. The van der Waals surface area contributed by atoms with Gasteiger partial charge in [-0.25, -0.2) is 4.39 Å². The third kappa shape index (κ3) is 3.12. The molecule has 0 atom stereocenters. The molecule has 0 saturated carbocycles. The molecule has 0 bridgehead atoms. The van der Waals surface area contributed by atoms with E-state index in [1.807, 2.05) is 4.90 Å². The molecule has 3 aliphatic heterocycles. The first kappa shape index (κ1) is 20.7. The van der Waals surface area contributed by atoms with Crippen LogP contribution in [0.1, 0.15) is 30.4 Å². The molecule has 4 heterocycles. The van der Waals surface area contributed by atoms with Crippen LogP contribution < -0.4 is 25.4 Å². The number of aliphatic hydroxyl groups excluding tert-OH is 1. The third-order valence-electron chi connectivity index (χ3n) is 6.77. The van der Waals surface area contributed by atoms with Gasteiger partial charge >= 0.3 is 0 Å². The topological polar surface area (TPSA) is 111 Å². The highest BCUT2D eigenvalue weighted by molar-refractivity contribution is 6.08. The fourth-order valence-corrected chi connectivity index (χ4v) is 5.14. The summed E-state index contributed by atoms with van der Waals surface area (Å²) in [6.45, 7) is 1.58. The molecular weight excluding hydrogens is 417 g/mol. The van der Waals surface area contributed by atoms with Crippen LogP contribution in [0.5, 0.6) is 5.75 Å². The second-order valence-corrected chi connectivity index (χ2v) is 8.55. The standard InChI is InChI=1S/C22H26FN5O4/c1-27-16-12-13(32-10-9-29)11-15(23)17(16)22(20(27)31)4-7-28(8-5-22)21-25-18-14(19(30)26-21)3-2-6-24-18/h11-12,29H,2-10H2,1H3,(H2,24,25,26,30). The summed E-state index contributed by atoms with van der Waals surface area (Å²) in [6, 6.07) is 2.94. The molecule has 3 aliphatic rings. The molecule has 1 aromatic heterocycles. The summed E-state index contributed by atoms with van der Waals surface area (Å²) < 4.78 is 20.6. The van der Waals surface area contributed by atoms with Crippen molar-refractivity contribution in [1.82, 2.24) is 9.97 Å². The van der Waals surface area contributed by atoms with E-state index < -0.39 is 11.2 Å². The van der Waals surface area contributed by atoms with Crippen molar-refractivity contribution in [3.63, 3.8) is 0 Å². The number of rotatable bonds is 4. The Kier molecular flexibility index (Phi) is 5.04. The number of H-pyrrole nitrogens is 1. The van der Waals surface area contributed by atoms with Crippen LogP contribution in [0.25, 0.3) is 0 Å². The molecule has 1 saturated heterocycles. The predicted octanol–water partition coefficient (Wildman–Crippen LogP) is 1.15. The monoisotopic (exact) mass is 443 g/mol. The zero-order chi connectivity index (χ0) is 22.5. The number of benzene rings is 1. The lowest BCUT2D eigenvalue weighted by Gasteiger charge is -2.38. The van der Waals surface area contributed by atoms with Crippen molar-refractivity contribution in [3.8, 4) is 5.75 Å². The van der Waals surface area contributed by atoms with Crippen LogP contribution in [-0.4, -0.2) is 60.9 Å². The molecule has 0 unspecified atom stereocenters. The second-order valence-electron chi connectivity index (χ2n) is 8.55. The number of nitrogens with one attached hydrogen (secondary N) is 2. The Morgan fingerprint density at radius 1 is 1.28 bits per heavy atom. The van der Waals surface area contributed by atoms with E-state index in [1.54, 1.807) is 13.1 Å². The van der Waals surface area contributed by atoms with Crippen molar-refractivity contribution in [2.24, 2.45) is 0 Å². The highest BCUT2D eigenvalue weighted by atomic mass is 19.1. The van der Waals surface area contributed by atoms with Crippen LogP contribution in [-0.2, 0) is 16.6 Å². The number of piperidine rings is 1. The third-order valence-corrected chi connectivity index (χ3v) is 6.77. The summed E-state index contributed by atoms with van der Waals surface area (Å²) in [5.41, 5.74) is 0.486. The summed E-state index contributed by atoms with van der Waals surface area (Å²) in [5, 5.41) is 12.2. The van der Waals surface area contributed by atoms with E-state index in [0.29, 0.717) is 60.9 Å². The molecule has 2 aromatic rings. The molecule has 170 valence electrons. The Balaban J connectivity index is 1.43. The van der Waals surface area contributed by atoms with Crippen molar-refractivity contribution in [2.75, 3.05) is 55.0 Å². The Hall–Kier alpha value is -3.14. The van der Waals surface area contributed by atoms with E-state index in [0.717, 1.165) is 13.0 Å². The van der Waals surface area contributed by atoms with Crippen LogP contribution in [0, 0.1) is 5.82 Å². The molecule has 1 aromatic carbocycles. The number of hydrogen-bond acceptors (Lipinski definition) is 7. The van der Waals surface area contributed by atoms with Crippen LogP contribution in [0.3, 0.4) is 0 Å². The van der Waals surface area contributed by atoms with Gasteiger partial charge in [-0.2, -0.15) is 4.98 Å². The second kappa shape index (κ2) is 7.77. The number of hydrogen-bond donors (Lipinski definition) is 3. The minimum Gasteiger partial charge on any atom is -0.491 e. The average molecular weight is 443 g/mol. The van der Waals surface area contributed by atoms with Crippen LogP contribution in [0.4, 0.5) is 21.8 Å².